The molecule has 31 heavy (non-hydrogen) atoms. The molecule has 2 saturated carbocycles. The van der Waals surface area contributed by atoms with Crippen LogP contribution < -0.4 is 9.64 Å². The van der Waals surface area contributed by atoms with Gasteiger partial charge in [-0.3, -0.25) is 14.4 Å². The third-order valence-corrected chi connectivity index (χ3v) is 7.48. The Morgan fingerprint density at radius 1 is 0.968 bits per heavy atom. The topological polar surface area (TPSA) is 63.7 Å². The van der Waals surface area contributed by atoms with Gasteiger partial charge in [0, 0.05) is 11.6 Å². The zero-order valence-corrected chi connectivity index (χ0v) is 17.2. The molecule has 5 nitrogen and oxygen atoms in total. The number of hydrogen-bond donors (Lipinski definition) is 0. The van der Waals surface area contributed by atoms with E-state index in [4.69, 9.17) is 4.74 Å². The maximum absolute atomic E-state index is 13.3. The summed E-state index contributed by atoms with van der Waals surface area (Å²) in [5, 5.41) is 0. The molecule has 1 aliphatic heterocycles. The van der Waals surface area contributed by atoms with Gasteiger partial charge >= 0.3 is 0 Å². The van der Waals surface area contributed by atoms with Gasteiger partial charge in [0.1, 0.15) is 5.75 Å². The van der Waals surface area contributed by atoms with Gasteiger partial charge in [0.05, 0.1) is 17.5 Å². The summed E-state index contributed by atoms with van der Waals surface area (Å²) in [7, 11) is 0. The van der Waals surface area contributed by atoms with Crippen molar-refractivity contribution in [2.45, 2.75) is 13.3 Å². The molecule has 0 aromatic heterocycles. The molecule has 0 spiro atoms. The lowest BCUT2D eigenvalue weighted by atomic mass is 9.63. The average Bonchev–Trinajstić information content (AvgIpc) is 3.56. The van der Waals surface area contributed by atoms with Crippen molar-refractivity contribution >= 4 is 23.3 Å². The first kappa shape index (κ1) is 18.6. The summed E-state index contributed by atoms with van der Waals surface area (Å²) >= 11 is 0. The molecular weight excluding hydrogens is 390 g/mol. The van der Waals surface area contributed by atoms with Gasteiger partial charge in [0.15, 0.2) is 12.4 Å². The number of rotatable bonds is 5. The van der Waals surface area contributed by atoms with Gasteiger partial charge in [0.2, 0.25) is 11.8 Å². The van der Waals surface area contributed by atoms with Crippen molar-refractivity contribution in [1.82, 2.24) is 0 Å². The number of imide groups is 1. The first-order valence-corrected chi connectivity index (χ1v) is 10.9. The van der Waals surface area contributed by atoms with E-state index in [0.29, 0.717) is 28.8 Å². The van der Waals surface area contributed by atoms with Gasteiger partial charge in [-0.2, -0.15) is 0 Å². The van der Waals surface area contributed by atoms with E-state index < -0.39 is 0 Å². The fraction of sp³-hybridized carbons (Fsp3) is 0.346. The average molecular weight is 413 g/mol. The number of hydrogen-bond acceptors (Lipinski definition) is 4. The van der Waals surface area contributed by atoms with Crippen LogP contribution in [0.5, 0.6) is 5.75 Å². The molecule has 7 rings (SSSR count). The van der Waals surface area contributed by atoms with Gasteiger partial charge < -0.3 is 4.74 Å². The Balaban J connectivity index is 1.20. The van der Waals surface area contributed by atoms with Crippen molar-refractivity contribution in [2.75, 3.05) is 11.5 Å². The minimum absolute atomic E-state index is 0.0902. The van der Waals surface area contributed by atoms with Crippen LogP contribution in [0.25, 0.3) is 0 Å². The number of anilines is 1. The molecule has 2 bridgehead atoms. The quantitative estimate of drug-likeness (QED) is 0.425. The van der Waals surface area contributed by atoms with Gasteiger partial charge in [-0.1, -0.05) is 48.0 Å². The molecular formula is C26H23NO4. The number of benzene rings is 2. The van der Waals surface area contributed by atoms with Crippen LogP contribution in [0.4, 0.5) is 5.69 Å². The van der Waals surface area contributed by atoms with Crippen molar-refractivity contribution in [2.24, 2.45) is 35.5 Å². The van der Waals surface area contributed by atoms with E-state index >= 15 is 0 Å². The number of aryl methyl sites for hydroxylation is 1. The first-order chi connectivity index (χ1) is 15.0. The summed E-state index contributed by atoms with van der Waals surface area (Å²) in [6, 6.07) is 14.3. The molecule has 1 heterocycles. The second-order valence-corrected chi connectivity index (χ2v) is 9.24. The molecule has 6 atom stereocenters. The van der Waals surface area contributed by atoms with E-state index in [1.54, 1.807) is 36.4 Å². The van der Waals surface area contributed by atoms with Crippen LogP contribution in [0, 0.1) is 42.4 Å². The van der Waals surface area contributed by atoms with Crippen LogP contribution in [0.2, 0.25) is 0 Å². The van der Waals surface area contributed by atoms with Crippen molar-refractivity contribution < 1.29 is 19.1 Å². The van der Waals surface area contributed by atoms with Crippen molar-refractivity contribution in [3.8, 4) is 5.75 Å². The Morgan fingerprint density at radius 2 is 1.61 bits per heavy atom. The number of ketones is 1. The third-order valence-electron chi connectivity index (χ3n) is 7.48. The van der Waals surface area contributed by atoms with Crippen LogP contribution >= 0.6 is 0 Å². The minimum Gasteiger partial charge on any atom is -0.485 e. The summed E-state index contributed by atoms with van der Waals surface area (Å²) in [6.45, 7) is 1.87. The Bertz CT molecular complexity index is 1100. The van der Waals surface area contributed by atoms with E-state index in [2.05, 4.69) is 12.2 Å². The second kappa shape index (κ2) is 6.64. The van der Waals surface area contributed by atoms with E-state index in [0.717, 1.165) is 12.0 Å². The molecule has 5 aliphatic rings. The number of allylic oxidation sites excluding steroid dienone is 2. The molecule has 4 aliphatic carbocycles. The molecule has 0 N–H and O–H groups in total. The number of carbonyl (C=O) groups is 3. The van der Waals surface area contributed by atoms with Crippen molar-refractivity contribution in [3.05, 3.63) is 71.8 Å². The van der Waals surface area contributed by atoms with E-state index in [9.17, 15) is 14.4 Å². The highest BCUT2D eigenvalue weighted by molar-refractivity contribution is 6.22. The molecule has 5 heteroatoms. The lowest BCUT2D eigenvalue weighted by Gasteiger charge is -2.37. The summed E-state index contributed by atoms with van der Waals surface area (Å²) < 4.78 is 5.71. The van der Waals surface area contributed by atoms with E-state index in [1.807, 2.05) is 19.1 Å². The SMILES string of the molecule is Cc1ccc(C(=O)COc2cccc(N3C(=O)[C@H]4[C@@H]5C=C[C@@H]([C@H]6C[C@H]56)[C@@H]4C3=O)c2)cc1. The lowest BCUT2D eigenvalue weighted by Crippen LogP contribution is -2.40. The summed E-state index contributed by atoms with van der Waals surface area (Å²) in [4.78, 5) is 40.3. The monoisotopic (exact) mass is 413 g/mol. The predicted octanol–water partition coefficient (Wildman–Crippen LogP) is 3.81. The third kappa shape index (κ3) is 2.79. The number of amides is 2. The maximum atomic E-state index is 13.3. The molecule has 0 radical (unpaired) electrons. The zero-order chi connectivity index (χ0) is 21.3. The Hall–Kier alpha value is -3.21. The number of Topliss-reactive ketones (excluding diaryl/α,β-unsaturated/α-hetero) is 1. The molecule has 2 aromatic rings. The van der Waals surface area contributed by atoms with Gasteiger partial charge in [-0.15, -0.1) is 0 Å². The van der Waals surface area contributed by atoms with Gasteiger partial charge in [-0.05, 0) is 49.1 Å². The van der Waals surface area contributed by atoms with Crippen LogP contribution in [0.15, 0.2) is 60.7 Å². The van der Waals surface area contributed by atoms with Crippen LogP contribution in [0.1, 0.15) is 22.3 Å². The number of nitrogens with zero attached hydrogens (tertiary/aromatic N) is 1. The minimum atomic E-state index is -0.223. The smallest absolute Gasteiger partial charge is 0.238 e. The standard InChI is InChI=1S/C26H23NO4/c1-14-5-7-15(8-6-14)22(28)13-31-17-4-2-3-16(11-17)27-25(29)23-18-9-10-19(21-12-20(18)21)24(23)26(27)30/h2-11,18-21,23-24H,12-13H2,1H3/t18-,19+,20-,21-,23+,24+/m1/s1. The Kier molecular flexibility index (Phi) is 3.98. The summed E-state index contributed by atoms with van der Waals surface area (Å²) in [5.74, 6) is 1.29. The first-order valence-electron chi connectivity index (χ1n) is 10.9. The van der Waals surface area contributed by atoms with Crippen LogP contribution in [-0.2, 0) is 9.59 Å². The maximum Gasteiger partial charge on any atom is 0.238 e. The fourth-order valence-electron chi connectivity index (χ4n) is 5.90. The molecule has 0 unspecified atom stereocenters. The normalized spacial score (nSPS) is 32.1. The summed E-state index contributed by atoms with van der Waals surface area (Å²) in [6.07, 6.45) is 5.49. The highest BCUT2D eigenvalue weighted by Gasteiger charge is 2.67. The Morgan fingerprint density at radius 3 is 2.26 bits per heavy atom. The van der Waals surface area contributed by atoms with Crippen LogP contribution in [0.3, 0.4) is 0 Å². The Labute approximate surface area is 180 Å². The fourth-order valence-corrected chi connectivity index (χ4v) is 5.90. The highest BCUT2D eigenvalue weighted by atomic mass is 16.5. The van der Waals surface area contributed by atoms with Crippen molar-refractivity contribution in [3.63, 3.8) is 0 Å². The number of ether oxygens (including phenoxy) is 1. The molecule has 3 fully saturated rings. The molecule has 2 aromatic carbocycles. The van der Waals surface area contributed by atoms with Gasteiger partial charge in [-0.25, -0.2) is 4.90 Å². The van der Waals surface area contributed by atoms with Gasteiger partial charge in [0.25, 0.3) is 0 Å². The second-order valence-electron chi connectivity index (χ2n) is 9.24. The predicted molar refractivity (Wildman–Crippen MR) is 115 cm³/mol. The van der Waals surface area contributed by atoms with Crippen molar-refractivity contribution in [1.29, 1.82) is 0 Å². The summed E-state index contributed by atoms with van der Waals surface area (Å²) in [5.41, 5.74) is 2.21. The van der Waals surface area contributed by atoms with E-state index in [1.165, 1.54) is 4.90 Å². The van der Waals surface area contributed by atoms with E-state index in [-0.39, 0.29) is 47.9 Å². The molecule has 1 saturated heterocycles. The van der Waals surface area contributed by atoms with Crippen LogP contribution in [-0.4, -0.2) is 24.2 Å². The highest BCUT2D eigenvalue weighted by Crippen LogP contribution is 2.65. The largest absolute Gasteiger partial charge is 0.485 e. The number of carbonyl (C=O) groups excluding carboxylic acids is 3. The molecule has 156 valence electrons. The lowest BCUT2D eigenvalue weighted by molar-refractivity contribution is -0.124. The molecule has 2 amide bonds. The zero-order valence-electron chi connectivity index (χ0n) is 17.2.